The highest BCUT2D eigenvalue weighted by Crippen LogP contribution is 2.35. The third-order valence-electron chi connectivity index (χ3n) is 2.85. The van der Waals surface area contributed by atoms with Crippen LogP contribution in [0.5, 0.6) is 0 Å². The summed E-state index contributed by atoms with van der Waals surface area (Å²) >= 11 is 0. The Morgan fingerprint density at radius 3 is 2.62 bits per heavy atom. The summed E-state index contributed by atoms with van der Waals surface area (Å²) in [4.78, 5) is 0. The monoisotopic (exact) mass is 183 g/mol. The molecule has 0 aromatic heterocycles. The average molecular weight is 183 g/mol. The van der Waals surface area contributed by atoms with E-state index in [1.807, 2.05) is 6.92 Å². The van der Waals surface area contributed by atoms with E-state index in [0.717, 1.165) is 12.8 Å². The van der Waals surface area contributed by atoms with Gasteiger partial charge in [-0.3, -0.25) is 0 Å². The number of nitriles is 1. The fourth-order valence-corrected chi connectivity index (χ4v) is 1.98. The summed E-state index contributed by atoms with van der Waals surface area (Å²) in [6.07, 6.45) is 4.56. The fourth-order valence-electron chi connectivity index (χ4n) is 1.98. The molecule has 0 aromatic rings. The van der Waals surface area contributed by atoms with E-state index in [1.54, 1.807) is 0 Å². The molecule has 0 aliphatic heterocycles. The number of nitrogens with zero attached hydrogens (tertiary/aromatic N) is 1. The van der Waals surface area contributed by atoms with Gasteiger partial charge in [0.1, 0.15) is 0 Å². The molecule has 74 valence electrons. The summed E-state index contributed by atoms with van der Waals surface area (Å²) < 4.78 is 5.40. The van der Waals surface area contributed by atoms with Gasteiger partial charge < -0.3 is 9.84 Å². The molecule has 0 radical (unpaired) electrons. The molecule has 0 amide bonds. The zero-order valence-corrected chi connectivity index (χ0v) is 8.12. The van der Waals surface area contributed by atoms with Crippen molar-refractivity contribution < 1.29 is 9.84 Å². The average Bonchev–Trinajstić information content (AvgIpc) is 2.67. The molecule has 1 saturated carbocycles. The van der Waals surface area contributed by atoms with Gasteiger partial charge in [-0.25, -0.2) is 0 Å². The van der Waals surface area contributed by atoms with Gasteiger partial charge in [0.2, 0.25) is 0 Å². The van der Waals surface area contributed by atoms with Gasteiger partial charge in [0.25, 0.3) is 0 Å². The van der Waals surface area contributed by atoms with E-state index < -0.39 is 5.60 Å². The van der Waals surface area contributed by atoms with Crippen LogP contribution in [0.25, 0.3) is 0 Å². The van der Waals surface area contributed by atoms with E-state index in [4.69, 9.17) is 15.1 Å². The molecule has 1 fully saturated rings. The number of aliphatic hydroxyl groups is 1. The molecule has 0 bridgehead atoms. The highest BCUT2D eigenvalue weighted by molar-refractivity contribution is 5.04. The molecule has 0 spiro atoms. The lowest BCUT2D eigenvalue weighted by Crippen LogP contribution is -2.35. The molecule has 3 heteroatoms. The SMILES string of the molecule is CC(C#N)(OCCO)C1CCCC1. The molecule has 1 unspecified atom stereocenters. The van der Waals surface area contributed by atoms with Gasteiger partial charge >= 0.3 is 0 Å². The van der Waals surface area contributed by atoms with Crippen LogP contribution < -0.4 is 0 Å². The van der Waals surface area contributed by atoms with E-state index in [9.17, 15) is 0 Å². The van der Waals surface area contributed by atoms with E-state index in [-0.39, 0.29) is 13.2 Å². The molecule has 1 aliphatic rings. The van der Waals surface area contributed by atoms with Crippen molar-refractivity contribution in [2.45, 2.75) is 38.2 Å². The molecular formula is C10H17NO2. The van der Waals surface area contributed by atoms with Crippen molar-refractivity contribution in [1.29, 1.82) is 5.26 Å². The van der Waals surface area contributed by atoms with E-state index >= 15 is 0 Å². The molecule has 0 saturated heterocycles. The van der Waals surface area contributed by atoms with Crippen LogP contribution in [0.15, 0.2) is 0 Å². The van der Waals surface area contributed by atoms with Gasteiger partial charge in [-0.15, -0.1) is 0 Å². The quantitative estimate of drug-likeness (QED) is 0.718. The summed E-state index contributed by atoms with van der Waals surface area (Å²) in [5.41, 5.74) is -0.681. The van der Waals surface area contributed by atoms with E-state index in [0.29, 0.717) is 5.92 Å². The molecular weight excluding hydrogens is 166 g/mol. The number of rotatable bonds is 4. The van der Waals surface area contributed by atoms with Gasteiger partial charge in [-0.2, -0.15) is 5.26 Å². The second-order valence-electron chi connectivity index (χ2n) is 3.77. The number of hydrogen-bond acceptors (Lipinski definition) is 3. The Hall–Kier alpha value is -0.590. The van der Waals surface area contributed by atoms with Crippen LogP contribution in [-0.2, 0) is 4.74 Å². The highest BCUT2D eigenvalue weighted by atomic mass is 16.5. The molecule has 1 aliphatic carbocycles. The number of aliphatic hydroxyl groups excluding tert-OH is 1. The summed E-state index contributed by atoms with van der Waals surface area (Å²) in [5, 5.41) is 17.6. The smallest absolute Gasteiger partial charge is 0.154 e. The largest absolute Gasteiger partial charge is 0.394 e. The lowest BCUT2D eigenvalue weighted by atomic mass is 9.89. The first-order valence-corrected chi connectivity index (χ1v) is 4.89. The zero-order valence-electron chi connectivity index (χ0n) is 8.12. The Bertz CT molecular complexity index is 194. The summed E-state index contributed by atoms with van der Waals surface area (Å²) in [6, 6.07) is 2.22. The Morgan fingerprint density at radius 1 is 1.54 bits per heavy atom. The van der Waals surface area contributed by atoms with Crippen LogP contribution in [0.4, 0.5) is 0 Å². The Morgan fingerprint density at radius 2 is 2.15 bits per heavy atom. The van der Waals surface area contributed by atoms with Gasteiger partial charge in [0.15, 0.2) is 5.60 Å². The van der Waals surface area contributed by atoms with Gasteiger partial charge in [0.05, 0.1) is 19.3 Å². The van der Waals surface area contributed by atoms with E-state index in [2.05, 4.69) is 6.07 Å². The molecule has 1 N–H and O–H groups in total. The Labute approximate surface area is 79.3 Å². The first-order chi connectivity index (χ1) is 6.23. The lowest BCUT2D eigenvalue weighted by molar-refractivity contribution is -0.0430. The lowest BCUT2D eigenvalue weighted by Gasteiger charge is -2.28. The van der Waals surface area contributed by atoms with Crippen molar-refractivity contribution in [3.63, 3.8) is 0 Å². The van der Waals surface area contributed by atoms with Gasteiger partial charge in [0, 0.05) is 5.92 Å². The maximum atomic E-state index is 9.02. The minimum atomic E-state index is -0.681. The first-order valence-electron chi connectivity index (χ1n) is 4.89. The predicted octanol–water partition coefficient (Wildman–Crippen LogP) is 1.47. The van der Waals surface area contributed by atoms with Crippen LogP contribution in [0.2, 0.25) is 0 Å². The van der Waals surface area contributed by atoms with Gasteiger partial charge in [-0.1, -0.05) is 12.8 Å². The van der Waals surface area contributed by atoms with Crippen LogP contribution in [0.3, 0.4) is 0 Å². The predicted molar refractivity (Wildman–Crippen MR) is 49.0 cm³/mol. The van der Waals surface area contributed by atoms with E-state index in [1.165, 1.54) is 12.8 Å². The van der Waals surface area contributed by atoms with Crippen molar-refractivity contribution in [2.24, 2.45) is 5.92 Å². The normalized spacial score (nSPS) is 22.5. The van der Waals surface area contributed by atoms with Crippen molar-refractivity contribution in [3.05, 3.63) is 0 Å². The molecule has 3 nitrogen and oxygen atoms in total. The summed E-state index contributed by atoms with van der Waals surface area (Å²) in [5.74, 6) is 0.351. The second-order valence-corrected chi connectivity index (χ2v) is 3.77. The summed E-state index contributed by atoms with van der Waals surface area (Å²) in [6.45, 7) is 2.09. The summed E-state index contributed by atoms with van der Waals surface area (Å²) in [7, 11) is 0. The number of hydrogen-bond donors (Lipinski definition) is 1. The van der Waals surface area contributed by atoms with Crippen molar-refractivity contribution >= 4 is 0 Å². The topological polar surface area (TPSA) is 53.2 Å². The second kappa shape index (κ2) is 4.59. The van der Waals surface area contributed by atoms with Crippen LogP contribution in [-0.4, -0.2) is 23.9 Å². The first kappa shape index (κ1) is 10.5. The van der Waals surface area contributed by atoms with Gasteiger partial charge in [-0.05, 0) is 19.8 Å². The Kier molecular flexibility index (Phi) is 3.71. The number of ether oxygens (including phenoxy) is 1. The molecule has 0 aromatic carbocycles. The van der Waals surface area contributed by atoms with Crippen LogP contribution in [0.1, 0.15) is 32.6 Å². The third kappa shape index (κ3) is 2.43. The molecule has 1 atom stereocenters. The van der Waals surface area contributed by atoms with Crippen molar-refractivity contribution in [2.75, 3.05) is 13.2 Å². The zero-order chi connectivity index (χ0) is 9.73. The van der Waals surface area contributed by atoms with Crippen LogP contribution in [0, 0.1) is 17.2 Å². The van der Waals surface area contributed by atoms with Crippen molar-refractivity contribution in [1.82, 2.24) is 0 Å². The van der Waals surface area contributed by atoms with Crippen molar-refractivity contribution in [3.8, 4) is 6.07 Å². The molecule has 13 heavy (non-hydrogen) atoms. The minimum absolute atomic E-state index is 0.00993. The maximum absolute atomic E-state index is 9.02. The standard InChI is InChI=1S/C10H17NO2/c1-10(8-11,13-7-6-12)9-4-2-3-5-9/h9,12H,2-7H2,1H3. The fraction of sp³-hybridized carbons (Fsp3) is 0.900. The van der Waals surface area contributed by atoms with Crippen LogP contribution >= 0.6 is 0 Å². The third-order valence-corrected chi connectivity index (χ3v) is 2.85. The molecule has 0 heterocycles. The molecule has 1 rings (SSSR count). The maximum Gasteiger partial charge on any atom is 0.154 e. The minimum Gasteiger partial charge on any atom is -0.394 e. The Balaban J connectivity index is 2.52. The highest BCUT2D eigenvalue weighted by Gasteiger charge is 2.36.